The zero-order valence-electron chi connectivity index (χ0n) is 24.4. The van der Waals surface area contributed by atoms with Gasteiger partial charge in [-0.1, -0.05) is 26.3 Å². The van der Waals surface area contributed by atoms with E-state index in [1.54, 1.807) is 33.5 Å². The molecule has 1 saturated heterocycles. The first-order chi connectivity index (χ1) is 19.2. The molecular formula is C31H41N3O6. The molecule has 2 aromatic carbocycles. The molecule has 4 rings (SSSR count). The van der Waals surface area contributed by atoms with E-state index < -0.39 is 12.1 Å². The summed E-state index contributed by atoms with van der Waals surface area (Å²) in [5.41, 5.74) is 3.27. The van der Waals surface area contributed by atoms with Gasteiger partial charge in [-0.25, -0.2) is 0 Å². The zero-order chi connectivity index (χ0) is 29.0. The largest absolute Gasteiger partial charge is 0.493 e. The molecule has 40 heavy (non-hydrogen) atoms. The summed E-state index contributed by atoms with van der Waals surface area (Å²) in [5.74, 6) is 1.36. The van der Waals surface area contributed by atoms with Crippen molar-refractivity contribution in [2.45, 2.75) is 65.0 Å². The zero-order valence-corrected chi connectivity index (χ0v) is 24.4. The van der Waals surface area contributed by atoms with Crippen LogP contribution in [-0.2, 0) is 16.0 Å². The molecule has 0 unspecified atom stereocenters. The number of anilines is 1. The number of carbonyl (C=O) groups excluding carboxylic acids is 2. The van der Waals surface area contributed by atoms with Crippen molar-refractivity contribution in [3.63, 3.8) is 0 Å². The lowest BCUT2D eigenvalue weighted by atomic mass is 9.95. The van der Waals surface area contributed by atoms with Gasteiger partial charge in [0.05, 0.1) is 33.1 Å². The number of fused-ring (bicyclic) bond motifs is 3. The van der Waals surface area contributed by atoms with Gasteiger partial charge in [-0.15, -0.1) is 0 Å². The van der Waals surface area contributed by atoms with E-state index in [1.807, 2.05) is 30.9 Å². The van der Waals surface area contributed by atoms with Crippen LogP contribution in [0, 0.1) is 5.92 Å². The van der Waals surface area contributed by atoms with E-state index >= 15 is 0 Å². The number of nitrogens with zero attached hydrogens (tertiary/aromatic N) is 1. The van der Waals surface area contributed by atoms with Crippen LogP contribution in [0.5, 0.6) is 17.2 Å². The Bertz CT molecular complexity index is 1320. The van der Waals surface area contributed by atoms with Gasteiger partial charge in [0.25, 0.3) is 0 Å². The maximum absolute atomic E-state index is 13.7. The third kappa shape index (κ3) is 5.74. The van der Waals surface area contributed by atoms with Gasteiger partial charge in [-0.3, -0.25) is 14.4 Å². The lowest BCUT2D eigenvalue weighted by Gasteiger charge is -2.28. The number of rotatable bonds is 9. The van der Waals surface area contributed by atoms with Crippen LogP contribution in [0.2, 0.25) is 0 Å². The maximum atomic E-state index is 13.7. The Morgan fingerprint density at radius 2 is 1.75 bits per heavy atom. The summed E-state index contributed by atoms with van der Waals surface area (Å²) in [4.78, 5) is 41.3. The van der Waals surface area contributed by atoms with E-state index in [1.165, 1.54) is 6.92 Å². The summed E-state index contributed by atoms with van der Waals surface area (Å²) < 4.78 is 17.1. The van der Waals surface area contributed by atoms with Gasteiger partial charge in [-0.05, 0) is 66.5 Å². The Labute approximate surface area is 236 Å². The van der Waals surface area contributed by atoms with Crippen molar-refractivity contribution >= 4 is 17.5 Å². The molecule has 0 saturated carbocycles. The minimum absolute atomic E-state index is 0.0271. The highest BCUT2D eigenvalue weighted by molar-refractivity contribution is 5.86. The highest BCUT2D eigenvalue weighted by Crippen LogP contribution is 2.50. The Hall–Kier alpha value is -3.75. The van der Waals surface area contributed by atoms with E-state index in [9.17, 15) is 14.4 Å². The fourth-order valence-electron chi connectivity index (χ4n) is 5.81. The summed E-state index contributed by atoms with van der Waals surface area (Å²) in [5, 5.41) is 6.34. The molecular weight excluding hydrogens is 510 g/mol. The highest BCUT2D eigenvalue weighted by Gasteiger charge is 2.32. The molecule has 0 aromatic heterocycles. The average Bonchev–Trinajstić information content (AvgIpc) is 3.39. The third-order valence-corrected chi connectivity index (χ3v) is 8.12. The lowest BCUT2D eigenvalue weighted by Crippen LogP contribution is -2.45. The minimum atomic E-state index is -0.518. The van der Waals surface area contributed by atoms with Crippen LogP contribution in [0.1, 0.15) is 63.6 Å². The Morgan fingerprint density at radius 3 is 2.35 bits per heavy atom. The van der Waals surface area contributed by atoms with E-state index in [4.69, 9.17) is 14.2 Å². The Morgan fingerprint density at radius 1 is 1.05 bits per heavy atom. The van der Waals surface area contributed by atoms with E-state index in [0.29, 0.717) is 41.3 Å². The summed E-state index contributed by atoms with van der Waals surface area (Å²) >= 11 is 0. The normalized spacial score (nSPS) is 17.6. The average molecular weight is 552 g/mol. The molecule has 9 heteroatoms. The lowest BCUT2D eigenvalue weighted by molar-refractivity contribution is -0.132. The topological polar surface area (TPSA) is 106 Å². The summed E-state index contributed by atoms with van der Waals surface area (Å²) in [7, 11) is 4.70. The molecule has 1 aliphatic carbocycles. The minimum Gasteiger partial charge on any atom is -0.493 e. The number of hydrogen-bond donors (Lipinski definition) is 2. The Kier molecular flexibility index (Phi) is 9.22. The maximum Gasteiger partial charge on any atom is 0.245 e. The number of ether oxygens (including phenoxy) is 3. The molecule has 2 amide bonds. The molecule has 2 N–H and O–H groups in total. The smallest absolute Gasteiger partial charge is 0.245 e. The number of methoxy groups -OCH3 is 3. The van der Waals surface area contributed by atoms with Crippen LogP contribution in [0.15, 0.2) is 29.1 Å². The molecule has 0 spiro atoms. The van der Waals surface area contributed by atoms with Gasteiger partial charge >= 0.3 is 0 Å². The molecule has 1 heterocycles. The van der Waals surface area contributed by atoms with Crippen molar-refractivity contribution in [3.8, 4) is 28.4 Å². The quantitative estimate of drug-likeness (QED) is 0.478. The third-order valence-electron chi connectivity index (χ3n) is 8.12. The first-order valence-corrected chi connectivity index (χ1v) is 14.1. The molecule has 216 valence electrons. The van der Waals surface area contributed by atoms with Gasteiger partial charge < -0.3 is 29.7 Å². The fraction of sp³-hybridized carbons (Fsp3) is 0.516. The van der Waals surface area contributed by atoms with Gasteiger partial charge in [0.15, 0.2) is 11.5 Å². The van der Waals surface area contributed by atoms with Crippen LogP contribution >= 0.6 is 0 Å². The van der Waals surface area contributed by atoms with Crippen molar-refractivity contribution in [3.05, 3.63) is 45.6 Å². The first-order valence-electron chi connectivity index (χ1n) is 14.1. The number of likely N-dealkylation sites (tertiary alicyclic amines) is 1. The van der Waals surface area contributed by atoms with Crippen LogP contribution in [-0.4, -0.2) is 57.2 Å². The van der Waals surface area contributed by atoms with Crippen molar-refractivity contribution < 1.29 is 23.8 Å². The predicted molar refractivity (Wildman–Crippen MR) is 155 cm³/mol. The number of amides is 2. The van der Waals surface area contributed by atoms with Crippen molar-refractivity contribution in [2.75, 3.05) is 39.7 Å². The van der Waals surface area contributed by atoms with Gasteiger partial charge in [0, 0.05) is 25.6 Å². The first kappa shape index (κ1) is 29.2. The Balaban J connectivity index is 1.90. The molecule has 2 aliphatic rings. The second-order valence-electron chi connectivity index (χ2n) is 10.6. The second kappa shape index (κ2) is 12.6. The predicted octanol–water partition coefficient (Wildman–Crippen LogP) is 4.31. The fourth-order valence-corrected chi connectivity index (χ4v) is 5.81. The van der Waals surface area contributed by atoms with Gasteiger partial charge in [-0.2, -0.15) is 0 Å². The molecule has 0 bridgehead atoms. The molecule has 3 atom stereocenters. The van der Waals surface area contributed by atoms with Crippen LogP contribution in [0.4, 0.5) is 5.69 Å². The van der Waals surface area contributed by atoms with Crippen LogP contribution in [0.3, 0.4) is 0 Å². The second-order valence-corrected chi connectivity index (χ2v) is 10.6. The summed E-state index contributed by atoms with van der Waals surface area (Å²) in [6.07, 6.45) is 3.98. The summed E-state index contributed by atoms with van der Waals surface area (Å²) in [6, 6.07) is 6.21. The molecule has 0 radical (unpaired) electrons. The van der Waals surface area contributed by atoms with Gasteiger partial charge in [0.2, 0.25) is 23.0 Å². The molecule has 2 aromatic rings. The monoisotopic (exact) mass is 551 g/mol. The number of carbonyl (C=O) groups is 2. The van der Waals surface area contributed by atoms with E-state index in [2.05, 4.69) is 10.6 Å². The highest BCUT2D eigenvalue weighted by atomic mass is 16.5. The number of hydrogen-bond acceptors (Lipinski definition) is 7. The SMILES string of the molecule is CC[C@@H](C)[C@H](Nc1ccc2c(cc1=O)[C@@H](NC(C)=O)CCc1cc(OC)c(OC)c(OC)c1-2)C(=O)N1CCCC1. The van der Waals surface area contributed by atoms with E-state index in [0.717, 1.165) is 49.0 Å². The van der Waals surface area contributed by atoms with Crippen molar-refractivity contribution in [1.29, 1.82) is 0 Å². The summed E-state index contributed by atoms with van der Waals surface area (Å²) in [6.45, 7) is 7.04. The molecule has 9 nitrogen and oxygen atoms in total. The molecule has 1 fully saturated rings. The van der Waals surface area contributed by atoms with Crippen molar-refractivity contribution in [1.82, 2.24) is 10.2 Å². The molecule has 1 aliphatic heterocycles. The van der Waals surface area contributed by atoms with Crippen LogP contribution < -0.4 is 30.3 Å². The van der Waals surface area contributed by atoms with Crippen LogP contribution in [0.25, 0.3) is 11.1 Å². The number of nitrogens with one attached hydrogen (secondary N) is 2. The standard InChI is InChI=1S/C31H41N3O6/c1-7-18(2)28(31(37)34-14-8-9-15-34)33-24-13-11-21-22(17-25(24)36)23(32-19(3)35)12-10-20-16-26(38-4)29(39-5)30(40-6)27(20)21/h11,13,16-18,23,28H,7-10,12,14-15H2,1-6H3,(H,32,35)(H,33,36)/t18-,23+,28+/m1/s1. The van der Waals surface area contributed by atoms with Gasteiger partial charge in [0.1, 0.15) is 6.04 Å². The van der Waals surface area contributed by atoms with Crippen molar-refractivity contribution in [2.24, 2.45) is 5.92 Å². The number of benzene rings is 1. The number of aryl methyl sites for hydroxylation is 1. The van der Waals surface area contributed by atoms with E-state index in [-0.39, 0.29) is 23.2 Å².